The zero-order valence-electron chi connectivity index (χ0n) is 17.9. The molecule has 31 heavy (non-hydrogen) atoms. The maximum atomic E-state index is 13.3. The molecule has 0 spiro atoms. The van der Waals surface area contributed by atoms with Crippen LogP contribution in [0.4, 0.5) is 11.5 Å². The third kappa shape index (κ3) is 4.47. The van der Waals surface area contributed by atoms with Gasteiger partial charge in [-0.3, -0.25) is 23.7 Å². The number of fused-ring (bicyclic) bond motifs is 1. The fourth-order valence-electron chi connectivity index (χ4n) is 3.45. The van der Waals surface area contributed by atoms with Crippen molar-refractivity contribution in [3.8, 4) is 0 Å². The van der Waals surface area contributed by atoms with Crippen LogP contribution in [0.5, 0.6) is 0 Å². The number of amides is 1. The number of nitrogen functional groups attached to an aromatic ring is 1. The van der Waals surface area contributed by atoms with Crippen molar-refractivity contribution in [2.45, 2.75) is 46.7 Å². The lowest BCUT2D eigenvalue weighted by Gasteiger charge is -2.25. The van der Waals surface area contributed by atoms with Crippen molar-refractivity contribution >= 4 is 28.5 Å². The molecule has 3 aromatic rings. The maximum absolute atomic E-state index is 13.3. The van der Waals surface area contributed by atoms with Crippen LogP contribution in [0.25, 0.3) is 11.1 Å². The molecule has 0 saturated heterocycles. The number of carbonyl (C=O) groups excluding carboxylic acids is 1. The average molecular weight is 429 g/mol. The van der Waals surface area contributed by atoms with Gasteiger partial charge in [-0.15, -0.1) is 0 Å². The van der Waals surface area contributed by atoms with Crippen LogP contribution in [0, 0.1) is 5.92 Å². The van der Waals surface area contributed by atoms with E-state index in [2.05, 4.69) is 4.98 Å². The fourth-order valence-corrected chi connectivity index (χ4v) is 3.45. The first-order chi connectivity index (χ1) is 14.7. The fraction of sp³-hybridized carbons (Fsp3) is 0.429. The molecule has 0 bridgehead atoms. The van der Waals surface area contributed by atoms with Gasteiger partial charge >= 0.3 is 11.4 Å². The number of rotatable bonds is 8. The number of nitrogens with two attached hydrogens (primary N) is 1. The van der Waals surface area contributed by atoms with E-state index in [1.165, 1.54) is 14.0 Å². The van der Waals surface area contributed by atoms with Crippen molar-refractivity contribution < 1.29 is 9.21 Å². The van der Waals surface area contributed by atoms with E-state index in [1.54, 1.807) is 24.3 Å². The molecule has 2 aromatic heterocycles. The van der Waals surface area contributed by atoms with Gasteiger partial charge in [-0.25, -0.2) is 9.59 Å². The highest BCUT2D eigenvalue weighted by atomic mass is 16.4. The third-order valence-electron chi connectivity index (χ3n) is 4.94. The molecule has 0 fully saturated rings. The minimum Gasteiger partial charge on any atom is -0.408 e. The van der Waals surface area contributed by atoms with Crippen LogP contribution in [0.15, 0.2) is 43.1 Å². The second-order valence-electron chi connectivity index (χ2n) is 7.82. The Hall–Kier alpha value is -3.56. The summed E-state index contributed by atoms with van der Waals surface area (Å²) in [6.07, 6.45) is 1.37. The van der Waals surface area contributed by atoms with Gasteiger partial charge in [-0.05, 0) is 24.5 Å². The second-order valence-corrected chi connectivity index (χ2v) is 7.82. The number of aromatic nitrogens is 3. The lowest BCUT2D eigenvalue weighted by Crippen LogP contribution is -2.43. The van der Waals surface area contributed by atoms with Gasteiger partial charge in [0.2, 0.25) is 5.91 Å². The van der Waals surface area contributed by atoms with E-state index in [1.807, 2.05) is 20.8 Å². The van der Waals surface area contributed by atoms with Crippen LogP contribution in [0.2, 0.25) is 0 Å². The average Bonchev–Trinajstić information content (AvgIpc) is 3.02. The summed E-state index contributed by atoms with van der Waals surface area (Å²) in [6.45, 7) is 5.94. The van der Waals surface area contributed by atoms with Gasteiger partial charge in [0.15, 0.2) is 11.3 Å². The topological polar surface area (TPSA) is 136 Å². The van der Waals surface area contributed by atoms with Crippen molar-refractivity contribution in [1.82, 2.24) is 14.1 Å². The summed E-state index contributed by atoms with van der Waals surface area (Å²) < 4.78 is 7.66. The normalized spacial score (nSPS) is 11.4. The quantitative estimate of drug-likeness (QED) is 0.557. The van der Waals surface area contributed by atoms with Crippen molar-refractivity contribution in [3.05, 3.63) is 55.7 Å². The first-order valence-electron chi connectivity index (χ1n) is 10.3. The molecule has 0 aliphatic carbocycles. The van der Waals surface area contributed by atoms with Gasteiger partial charge in [0.25, 0.3) is 5.56 Å². The Balaban J connectivity index is 2.07. The first kappa shape index (κ1) is 22.1. The number of aromatic amines is 1. The van der Waals surface area contributed by atoms with Crippen molar-refractivity contribution in [3.63, 3.8) is 0 Å². The van der Waals surface area contributed by atoms with Gasteiger partial charge in [0, 0.05) is 13.1 Å². The summed E-state index contributed by atoms with van der Waals surface area (Å²) in [4.78, 5) is 54.0. The van der Waals surface area contributed by atoms with E-state index in [4.69, 9.17) is 10.2 Å². The van der Waals surface area contributed by atoms with Gasteiger partial charge in [0.05, 0.1) is 5.52 Å². The molecule has 0 atom stereocenters. The number of unbranched alkanes of at least 4 members (excludes halogenated alkanes) is 1. The molecule has 2 heterocycles. The minimum absolute atomic E-state index is 0.0729. The lowest BCUT2D eigenvalue weighted by atomic mass is 10.2. The molecule has 1 amide bonds. The molecule has 0 unspecified atom stereocenters. The van der Waals surface area contributed by atoms with E-state index in [9.17, 15) is 19.2 Å². The number of anilines is 2. The zero-order valence-corrected chi connectivity index (χ0v) is 17.9. The monoisotopic (exact) mass is 429 g/mol. The highest BCUT2D eigenvalue weighted by Gasteiger charge is 2.25. The predicted octanol–water partition coefficient (Wildman–Crippen LogP) is 1.52. The van der Waals surface area contributed by atoms with Crippen LogP contribution in [-0.4, -0.2) is 26.6 Å². The SMILES string of the molecule is CCCCN(C(=O)Cn1c(=O)oc2ccccc21)c1c(N)n(CC(C)C)c(=O)[nH]c1=O. The van der Waals surface area contributed by atoms with Gasteiger partial charge in [-0.2, -0.15) is 0 Å². The summed E-state index contributed by atoms with van der Waals surface area (Å²) in [5.74, 6) is -1.16. The van der Waals surface area contributed by atoms with Crippen LogP contribution in [-0.2, 0) is 17.9 Å². The summed E-state index contributed by atoms with van der Waals surface area (Å²) in [5.41, 5.74) is 5.59. The van der Waals surface area contributed by atoms with E-state index >= 15 is 0 Å². The van der Waals surface area contributed by atoms with Gasteiger partial charge < -0.3 is 15.1 Å². The Morgan fingerprint density at radius 2 is 1.90 bits per heavy atom. The number of H-pyrrole nitrogens is 1. The lowest BCUT2D eigenvalue weighted by molar-refractivity contribution is -0.119. The number of oxazole rings is 1. The Morgan fingerprint density at radius 1 is 1.19 bits per heavy atom. The molecule has 3 rings (SSSR count). The Labute approximate surface area is 177 Å². The molecular weight excluding hydrogens is 402 g/mol. The van der Waals surface area contributed by atoms with Crippen molar-refractivity contribution in [2.24, 2.45) is 5.92 Å². The molecule has 10 heteroatoms. The number of para-hydroxylation sites is 2. The summed E-state index contributed by atoms with van der Waals surface area (Å²) in [5, 5.41) is 0. The molecule has 10 nitrogen and oxygen atoms in total. The summed E-state index contributed by atoms with van der Waals surface area (Å²) >= 11 is 0. The zero-order chi connectivity index (χ0) is 22.7. The molecule has 0 radical (unpaired) electrons. The van der Waals surface area contributed by atoms with E-state index in [0.29, 0.717) is 17.5 Å². The van der Waals surface area contributed by atoms with Crippen LogP contribution in [0.3, 0.4) is 0 Å². The number of carbonyl (C=O) groups is 1. The second kappa shape index (κ2) is 9.07. The smallest absolute Gasteiger partial charge is 0.408 e. The molecule has 166 valence electrons. The number of hydrogen-bond donors (Lipinski definition) is 2. The summed E-state index contributed by atoms with van der Waals surface area (Å²) in [7, 11) is 0. The van der Waals surface area contributed by atoms with E-state index < -0.39 is 22.9 Å². The minimum atomic E-state index is -0.739. The van der Waals surface area contributed by atoms with Crippen LogP contribution in [0.1, 0.15) is 33.6 Å². The highest BCUT2D eigenvalue weighted by molar-refractivity contribution is 5.96. The third-order valence-corrected chi connectivity index (χ3v) is 4.94. The molecular formula is C21H27N5O5. The largest absolute Gasteiger partial charge is 0.420 e. The number of nitrogens with zero attached hydrogens (tertiary/aromatic N) is 3. The molecule has 0 aliphatic heterocycles. The number of hydrogen-bond acceptors (Lipinski definition) is 6. The molecule has 0 saturated carbocycles. The standard InChI is InChI=1S/C21H27N5O5/c1-4-5-10-24(17-18(22)26(11-13(2)3)20(29)23-19(17)28)16(27)12-25-14-8-6-7-9-15(14)31-21(25)30/h6-9,13H,4-5,10-12,22H2,1-3H3,(H,23,28,29). The van der Waals surface area contributed by atoms with Crippen LogP contribution < -0.4 is 27.6 Å². The Morgan fingerprint density at radius 3 is 2.58 bits per heavy atom. The summed E-state index contributed by atoms with van der Waals surface area (Å²) in [6, 6.07) is 6.77. The molecule has 3 N–H and O–H groups in total. The van der Waals surface area contributed by atoms with E-state index in [-0.39, 0.29) is 37.1 Å². The van der Waals surface area contributed by atoms with Gasteiger partial charge in [-0.1, -0.05) is 39.3 Å². The number of benzene rings is 1. The van der Waals surface area contributed by atoms with Gasteiger partial charge in [0.1, 0.15) is 12.4 Å². The Bertz CT molecular complexity index is 1260. The molecule has 1 aromatic carbocycles. The van der Waals surface area contributed by atoms with Crippen molar-refractivity contribution in [1.29, 1.82) is 0 Å². The molecule has 0 aliphatic rings. The highest BCUT2D eigenvalue weighted by Crippen LogP contribution is 2.20. The first-order valence-corrected chi connectivity index (χ1v) is 10.3. The van der Waals surface area contributed by atoms with E-state index in [0.717, 1.165) is 6.42 Å². The maximum Gasteiger partial charge on any atom is 0.420 e. The number of nitrogens with one attached hydrogen (secondary N) is 1. The Kier molecular flexibility index (Phi) is 6.47. The predicted molar refractivity (Wildman–Crippen MR) is 118 cm³/mol. The van der Waals surface area contributed by atoms with Crippen molar-refractivity contribution in [2.75, 3.05) is 17.2 Å². The van der Waals surface area contributed by atoms with Crippen LogP contribution >= 0.6 is 0 Å².